The van der Waals surface area contributed by atoms with E-state index in [1.807, 2.05) is 12.1 Å². The third-order valence-corrected chi connectivity index (χ3v) is 7.46. The van der Waals surface area contributed by atoms with Crippen molar-refractivity contribution in [3.63, 3.8) is 0 Å². The topological polar surface area (TPSA) is 93.9 Å². The van der Waals surface area contributed by atoms with E-state index in [0.29, 0.717) is 31.3 Å². The molecule has 3 aromatic rings. The molecular weight excluding hydrogens is 482 g/mol. The van der Waals surface area contributed by atoms with Gasteiger partial charge in [0, 0.05) is 26.1 Å². The molecule has 200 valence electrons. The van der Waals surface area contributed by atoms with Gasteiger partial charge < -0.3 is 24.1 Å². The number of benzene rings is 2. The lowest BCUT2D eigenvalue weighted by atomic mass is 9.86. The lowest BCUT2D eigenvalue weighted by molar-refractivity contribution is -0.137. The molecule has 2 amide bonds. The monoisotopic (exact) mass is 517 g/mol. The standard InChI is InChI=1S/C30H35N3O5/c1-20-7-9-22(10-8-20)28-25-17-24(37-19-27-32-26(18-38-27)29(34)31-14-16-36-2)12-11-21(25)13-15-33(28)30(35)23-5-3-4-6-23/h7-12,17-18,23,28H,3-6,13-16,19H2,1-2H3,(H,31,34). The fourth-order valence-corrected chi connectivity index (χ4v) is 5.42. The molecule has 1 N–H and O–H groups in total. The summed E-state index contributed by atoms with van der Waals surface area (Å²) in [6.45, 7) is 3.69. The van der Waals surface area contributed by atoms with Crippen molar-refractivity contribution in [1.29, 1.82) is 0 Å². The van der Waals surface area contributed by atoms with E-state index in [1.165, 1.54) is 17.4 Å². The van der Waals surface area contributed by atoms with Crippen molar-refractivity contribution in [2.45, 2.75) is 51.7 Å². The number of hydrogen-bond donors (Lipinski definition) is 1. The third kappa shape index (κ3) is 5.75. The van der Waals surface area contributed by atoms with E-state index in [4.69, 9.17) is 13.9 Å². The van der Waals surface area contributed by atoms with Crippen LogP contribution in [0.4, 0.5) is 0 Å². The van der Waals surface area contributed by atoms with Gasteiger partial charge in [0.15, 0.2) is 12.3 Å². The van der Waals surface area contributed by atoms with Crippen LogP contribution in [-0.2, 0) is 22.6 Å². The average molecular weight is 518 g/mol. The number of amides is 2. The van der Waals surface area contributed by atoms with E-state index in [-0.39, 0.29) is 36.1 Å². The SMILES string of the molecule is COCCNC(=O)c1coc(COc2ccc3c(c2)C(c2ccc(C)cc2)N(C(=O)C2CCCC2)CC3)n1. The van der Waals surface area contributed by atoms with Crippen LogP contribution >= 0.6 is 0 Å². The first-order chi connectivity index (χ1) is 18.5. The van der Waals surface area contributed by atoms with Crippen LogP contribution in [0.15, 0.2) is 53.1 Å². The summed E-state index contributed by atoms with van der Waals surface area (Å²) in [5.41, 5.74) is 4.81. The predicted octanol–water partition coefficient (Wildman–Crippen LogP) is 4.60. The molecule has 1 saturated carbocycles. The number of nitrogens with one attached hydrogen (secondary N) is 1. The molecule has 1 unspecified atom stereocenters. The molecule has 1 fully saturated rings. The first-order valence-electron chi connectivity index (χ1n) is 13.4. The minimum Gasteiger partial charge on any atom is -0.484 e. The fraction of sp³-hybridized carbons (Fsp3) is 0.433. The lowest BCUT2D eigenvalue weighted by Crippen LogP contribution is -2.43. The number of fused-ring (bicyclic) bond motifs is 1. The van der Waals surface area contributed by atoms with Crippen LogP contribution < -0.4 is 10.1 Å². The lowest BCUT2D eigenvalue weighted by Gasteiger charge is -2.39. The zero-order chi connectivity index (χ0) is 26.5. The van der Waals surface area contributed by atoms with Crippen LogP contribution in [0.2, 0.25) is 0 Å². The Labute approximate surface area is 223 Å². The molecule has 38 heavy (non-hydrogen) atoms. The van der Waals surface area contributed by atoms with Crippen molar-refractivity contribution in [3.05, 3.63) is 82.6 Å². The average Bonchev–Trinajstić information content (AvgIpc) is 3.64. The zero-order valence-corrected chi connectivity index (χ0v) is 22.1. The van der Waals surface area contributed by atoms with Crippen molar-refractivity contribution in [2.24, 2.45) is 5.92 Å². The van der Waals surface area contributed by atoms with E-state index in [9.17, 15) is 9.59 Å². The Morgan fingerprint density at radius 3 is 2.68 bits per heavy atom. The number of ether oxygens (including phenoxy) is 2. The highest BCUT2D eigenvalue weighted by Gasteiger charge is 2.36. The highest BCUT2D eigenvalue weighted by Crippen LogP contribution is 2.39. The van der Waals surface area contributed by atoms with E-state index >= 15 is 0 Å². The summed E-state index contributed by atoms with van der Waals surface area (Å²) >= 11 is 0. The van der Waals surface area contributed by atoms with E-state index in [2.05, 4.69) is 52.5 Å². The molecule has 0 radical (unpaired) electrons. The van der Waals surface area contributed by atoms with Crippen LogP contribution in [0.1, 0.15) is 70.4 Å². The molecule has 2 heterocycles. The minimum atomic E-state index is -0.321. The molecule has 0 spiro atoms. The molecular formula is C30H35N3O5. The molecule has 1 aliphatic heterocycles. The van der Waals surface area contributed by atoms with Crippen LogP contribution in [-0.4, -0.2) is 48.5 Å². The van der Waals surface area contributed by atoms with Gasteiger partial charge in [0.2, 0.25) is 11.8 Å². The van der Waals surface area contributed by atoms with Crippen molar-refractivity contribution >= 4 is 11.8 Å². The van der Waals surface area contributed by atoms with Crippen LogP contribution in [0.5, 0.6) is 5.75 Å². The molecule has 5 rings (SSSR count). The quantitative estimate of drug-likeness (QED) is 0.417. The first-order valence-corrected chi connectivity index (χ1v) is 13.4. The van der Waals surface area contributed by atoms with E-state index in [0.717, 1.165) is 43.2 Å². The van der Waals surface area contributed by atoms with Crippen molar-refractivity contribution in [1.82, 2.24) is 15.2 Å². The maximum absolute atomic E-state index is 13.6. The van der Waals surface area contributed by atoms with Crippen molar-refractivity contribution in [3.8, 4) is 5.75 Å². The molecule has 2 aromatic carbocycles. The van der Waals surface area contributed by atoms with E-state index in [1.54, 1.807) is 7.11 Å². The molecule has 1 aliphatic carbocycles. The molecule has 8 heteroatoms. The maximum Gasteiger partial charge on any atom is 0.273 e. The Morgan fingerprint density at radius 1 is 1.13 bits per heavy atom. The number of carbonyl (C=O) groups excluding carboxylic acids is 2. The number of methoxy groups -OCH3 is 1. The predicted molar refractivity (Wildman–Crippen MR) is 142 cm³/mol. The molecule has 0 saturated heterocycles. The number of rotatable bonds is 9. The van der Waals surface area contributed by atoms with Crippen LogP contribution in [0.3, 0.4) is 0 Å². The number of aromatic nitrogens is 1. The zero-order valence-electron chi connectivity index (χ0n) is 22.1. The third-order valence-electron chi connectivity index (χ3n) is 7.46. The fourth-order valence-electron chi connectivity index (χ4n) is 5.42. The van der Waals surface area contributed by atoms with Gasteiger partial charge in [-0.05, 0) is 55.0 Å². The van der Waals surface area contributed by atoms with Gasteiger partial charge in [0.1, 0.15) is 12.0 Å². The first kappa shape index (κ1) is 26.0. The number of carbonyl (C=O) groups is 2. The number of oxazole rings is 1. The summed E-state index contributed by atoms with van der Waals surface area (Å²) < 4.78 is 16.4. The molecule has 2 aliphatic rings. The Morgan fingerprint density at radius 2 is 1.92 bits per heavy atom. The minimum absolute atomic E-state index is 0.0874. The summed E-state index contributed by atoms with van der Waals surface area (Å²) in [5, 5.41) is 2.72. The number of hydrogen-bond acceptors (Lipinski definition) is 6. The Bertz CT molecular complexity index is 1260. The highest BCUT2D eigenvalue weighted by molar-refractivity contribution is 5.91. The van der Waals surface area contributed by atoms with Gasteiger partial charge in [-0.2, -0.15) is 0 Å². The number of nitrogens with zero attached hydrogens (tertiary/aromatic N) is 2. The van der Waals surface area contributed by atoms with Crippen molar-refractivity contribution in [2.75, 3.05) is 26.8 Å². The van der Waals surface area contributed by atoms with Gasteiger partial charge in [0.05, 0.1) is 12.6 Å². The van der Waals surface area contributed by atoms with Gasteiger partial charge in [0.25, 0.3) is 5.91 Å². The normalized spacial score (nSPS) is 17.3. The van der Waals surface area contributed by atoms with Crippen molar-refractivity contribution < 1.29 is 23.5 Å². The summed E-state index contributed by atoms with van der Waals surface area (Å²) in [7, 11) is 1.58. The summed E-state index contributed by atoms with van der Waals surface area (Å²) in [4.78, 5) is 32.1. The highest BCUT2D eigenvalue weighted by atomic mass is 16.5. The maximum atomic E-state index is 13.6. The van der Waals surface area contributed by atoms with Gasteiger partial charge in [-0.1, -0.05) is 48.7 Å². The second-order valence-electron chi connectivity index (χ2n) is 10.1. The van der Waals surface area contributed by atoms with Gasteiger partial charge in [-0.3, -0.25) is 9.59 Å². The summed E-state index contributed by atoms with van der Waals surface area (Å²) in [5.74, 6) is 1.04. The van der Waals surface area contributed by atoms with E-state index < -0.39 is 0 Å². The van der Waals surface area contributed by atoms with Crippen LogP contribution in [0, 0.1) is 12.8 Å². The number of aryl methyl sites for hydroxylation is 1. The summed E-state index contributed by atoms with van der Waals surface area (Å²) in [6.07, 6.45) is 6.37. The smallest absolute Gasteiger partial charge is 0.273 e. The van der Waals surface area contributed by atoms with Gasteiger partial charge in [-0.15, -0.1) is 0 Å². The van der Waals surface area contributed by atoms with Gasteiger partial charge in [-0.25, -0.2) is 4.98 Å². The molecule has 1 atom stereocenters. The van der Waals surface area contributed by atoms with Crippen LogP contribution in [0.25, 0.3) is 0 Å². The largest absolute Gasteiger partial charge is 0.484 e. The second-order valence-corrected chi connectivity index (χ2v) is 10.1. The Kier molecular flexibility index (Phi) is 8.08. The van der Waals surface area contributed by atoms with Gasteiger partial charge >= 0.3 is 0 Å². The Balaban J connectivity index is 1.35. The Hall–Kier alpha value is -3.65. The summed E-state index contributed by atoms with van der Waals surface area (Å²) in [6, 6.07) is 14.4. The molecule has 8 nitrogen and oxygen atoms in total. The molecule has 1 aromatic heterocycles. The second kappa shape index (κ2) is 11.8. The molecule has 0 bridgehead atoms.